The highest BCUT2D eigenvalue weighted by Crippen LogP contribution is 2.65. The summed E-state index contributed by atoms with van der Waals surface area (Å²) >= 11 is 0. The molecule has 118 valence electrons. The van der Waals surface area contributed by atoms with Gasteiger partial charge in [0.25, 0.3) is 0 Å². The van der Waals surface area contributed by atoms with E-state index in [-0.39, 0.29) is 11.5 Å². The van der Waals surface area contributed by atoms with Crippen LogP contribution in [0.2, 0.25) is 0 Å². The van der Waals surface area contributed by atoms with Gasteiger partial charge in [0.05, 0.1) is 6.10 Å². The number of hydrogen-bond donors (Lipinski definition) is 1. The third kappa shape index (κ3) is 1.84. The SMILES string of the molecule is C[C@@]12CCC(=O)C[C@H]1CC[C@H]1[C@H]2CC[C@]2(C)[C@H](O)CC[C@@H]12. The van der Waals surface area contributed by atoms with E-state index in [0.717, 1.165) is 43.4 Å². The number of carbonyl (C=O) groups is 1. The van der Waals surface area contributed by atoms with Crippen LogP contribution in [0.4, 0.5) is 0 Å². The zero-order chi connectivity index (χ0) is 14.8. The average Bonchev–Trinajstić information content (AvgIpc) is 2.76. The van der Waals surface area contributed by atoms with Crippen molar-refractivity contribution >= 4 is 5.78 Å². The van der Waals surface area contributed by atoms with Gasteiger partial charge in [0, 0.05) is 12.8 Å². The molecule has 1 N–H and O–H groups in total. The first-order valence-corrected chi connectivity index (χ1v) is 9.15. The Morgan fingerprint density at radius 1 is 0.952 bits per heavy atom. The summed E-state index contributed by atoms with van der Waals surface area (Å²) < 4.78 is 0. The summed E-state index contributed by atoms with van der Waals surface area (Å²) in [5.41, 5.74) is 0.598. The topological polar surface area (TPSA) is 37.3 Å². The molecule has 0 bridgehead atoms. The van der Waals surface area contributed by atoms with E-state index in [0.29, 0.717) is 17.1 Å². The molecule has 0 aromatic carbocycles. The Morgan fingerprint density at radius 3 is 2.52 bits per heavy atom. The van der Waals surface area contributed by atoms with Gasteiger partial charge >= 0.3 is 0 Å². The normalized spacial score (nSPS) is 56.5. The minimum Gasteiger partial charge on any atom is -0.393 e. The summed E-state index contributed by atoms with van der Waals surface area (Å²) in [7, 11) is 0. The fourth-order valence-corrected chi connectivity index (χ4v) is 7.02. The third-order valence-electron chi connectivity index (χ3n) is 8.43. The van der Waals surface area contributed by atoms with E-state index in [4.69, 9.17) is 0 Å². The van der Waals surface area contributed by atoms with Gasteiger partial charge in [-0.3, -0.25) is 4.79 Å². The highest BCUT2D eigenvalue weighted by molar-refractivity contribution is 5.79. The summed E-state index contributed by atoms with van der Waals surface area (Å²) in [5, 5.41) is 10.5. The zero-order valence-corrected chi connectivity index (χ0v) is 13.6. The molecule has 0 spiro atoms. The van der Waals surface area contributed by atoms with Gasteiger partial charge in [-0.2, -0.15) is 0 Å². The van der Waals surface area contributed by atoms with Gasteiger partial charge in [0.2, 0.25) is 0 Å². The number of ketones is 1. The first-order chi connectivity index (χ1) is 9.95. The van der Waals surface area contributed by atoms with Crippen LogP contribution >= 0.6 is 0 Å². The molecule has 4 rings (SSSR count). The van der Waals surface area contributed by atoms with Gasteiger partial charge in [-0.05, 0) is 79.4 Å². The maximum atomic E-state index is 11.9. The fraction of sp³-hybridized carbons (Fsp3) is 0.947. The van der Waals surface area contributed by atoms with Crippen LogP contribution in [0.25, 0.3) is 0 Å². The maximum Gasteiger partial charge on any atom is 0.133 e. The monoisotopic (exact) mass is 290 g/mol. The lowest BCUT2D eigenvalue weighted by Crippen LogP contribution is -2.54. The van der Waals surface area contributed by atoms with E-state index in [1.54, 1.807) is 0 Å². The quantitative estimate of drug-likeness (QED) is 0.733. The van der Waals surface area contributed by atoms with E-state index in [1.165, 1.54) is 32.1 Å². The molecule has 4 aliphatic rings. The van der Waals surface area contributed by atoms with Crippen molar-refractivity contribution in [2.45, 2.75) is 77.7 Å². The van der Waals surface area contributed by atoms with Crippen molar-refractivity contribution < 1.29 is 9.90 Å². The van der Waals surface area contributed by atoms with Gasteiger partial charge in [0.15, 0.2) is 0 Å². The van der Waals surface area contributed by atoms with Crippen LogP contribution in [0.5, 0.6) is 0 Å². The molecule has 0 aromatic rings. The molecule has 0 saturated heterocycles. The highest BCUT2D eigenvalue weighted by atomic mass is 16.3. The molecule has 2 heteroatoms. The average molecular weight is 290 g/mol. The number of carbonyl (C=O) groups excluding carboxylic acids is 1. The molecule has 0 unspecified atom stereocenters. The lowest BCUT2D eigenvalue weighted by Gasteiger charge is -2.60. The van der Waals surface area contributed by atoms with Crippen LogP contribution in [-0.2, 0) is 4.79 Å². The minimum atomic E-state index is -0.0677. The molecule has 4 fully saturated rings. The molecule has 0 aromatic heterocycles. The van der Waals surface area contributed by atoms with Crippen molar-refractivity contribution in [3.05, 3.63) is 0 Å². The number of fused-ring (bicyclic) bond motifs is 5. The number of aliphatic hydroxyl groups is 1. The fourth-order valence-electron chi connectivity index (χ4n) is 7.02. The minimum absolute atomic E-state index is 0.0677. The number of rotatable bonds is 0. The van der Waals surface area contributed by atoms with Crippen LogP contribution < -0.4 is 0 Å². The molecule has 21 heavy (non-hydrogen) atoms. The molecule has 4 saturated carbocycles. The van der Waals surface area contributed by atoms with Crippen molar-refractivity contribution in [2.24, 2.45) is 34.5 Å². The van der Waals surface area contributed by atoms with E-state index in [1.807, 2.05) is 0 Å². The maximum absolute atomic E-state index is 11.9. The van der Waals surface area contributed by atoms with Crippen molar-refractivity contribution in [1.82, 2.24) is 0 Å². The summed E-state index contributed by atoms with van der Waals surface area (Å²) in [6.07, 6.45) is 10.0. The van der Waals surface area contributed by atoms with E-state index in [9.17, 15) is 9.90 Å². The van der Waals surface area contributed by atoms with Crippen molar-refractivity contribution in [2.75, 3.05) is 0 Å². The predicted molar refractivity (Wildman–Crippen MR) is 82.7 cm³/mol. The summed E-state index contributed by atoms with van der Waals surface area (Å²) in [6.45, 7) is 4.85. The Balaban J connectivity index is 1.64. The van der Waals surface area contributed by atoms with E-state index >= 15 is 0 Å². The van der Waals surface area contributed by atoms with Crippen LogP contribution in [0.1, 0.15) is 71.6 Å². The van der Waals surface area contributed by atoms with Crippen LogP contribution in [0.15, 0.2) is 0 Å². The van der Waals surface area contributed by atoms with Crippen LogP contribution in [0.3, 0.4) is 0 Å². The molecule has 7 atom stereocenters. The molecule has 0 radical (unpaired) electrons. The summed E-state index contributed by atoms with van der Waals surface area (Å²) in [5.74, 6) is 3.52. The largest absolute Gasteiger partial charge is 0.393 e. The number of hydrogen-bond acceptors (Lipinski definition) is 2. The predicted octanol–water partition coefficient (Wildman–Crippen LogP) is 3.96. The molecule has 0 amide bonds. The number of aliphatic hydroxyl groups excluding tert-OH is 1. The summed E-state index contributed by atoms with van der Waals surface area (Å²) in [4.78, 5) is 11.9. The Bertz CT molecular complexity index is 458. The Labute approximate surface area is 128 Å². The smallest absolute Gasteiger partial charge is 0.133 e. The van der Waals surface area contributed by atoms with Gasteiger partial charge in [-0.1, -0.05) is 13.8 Å². The highest BCUT2D eigenvalue weighted by Gasteiger charge is 2.59. The zero-order valence-electron chi connectivity index (χ0n) is 13.6. The van der Waals surface area contributed by atoms with Gasteiger partial charge in [-0.15, -0.1) is 0 Å². The Kier molecular flexibility index (Phi) is 3.10. The van der Waals surface area contributed by atoms with Crippen LogP contribution in [0, 0.1) is 34.5 Å². The van der Waals surface area contributed by atoms with E-state index < -0.39 is 0 Å². The Hall–Kier alpha value is -0.370. The molecular formula is C19H30O2. The van der Waals surface area contributed by atoms with Gasteiger partial charge < -0.3 is 5.11 Å². The molecule has 2 nitrogen and oxygen atoms in total. The second kappa shape index (κ2) is 4.57. The van der Waals surface area contributed by atoms with Crippen molar-refractivity contribution in [1.29, 1.82) is 0 Å². The number of Topliss-reactive ketones (excluding diaryl/α,β-unsaturated/α-hetero) is 1. The second-order valence-corrected chi connectivity index (χ2v) is 9.04. The second-order valence-electron chi connectivity index (χ2n) is 9.04. The lowest BCUT2D eigenvalue weighted by atomic mass is 9.45. The molecule has 0 heterocycles. The van der Waals surface area contributed by atoms with Crippen LogP contribution in [-0.4, -0.2) is 17.0 Å². The van der Waals surface area contributed by atoms with Crippen molar-refractivity contribution in [3.63, 3.8) is 0 Å². The van der Waals surface area contributed by atoms with Crippen molar-refractivity contribution in [3.8, 4) is 0 Å². The molecular weight excluding hydrogens is 260 g/mol. The molecule has 4 aliphatic carbocycles. The first kappa shape index (κ1) is 14.2. The summed E-state index contributed by atoms with van der Waals surface area (Å²) in [6, 6.07) is 0. The first-order valence-electron chi connectivity index (χ1n) is 9.15. The standard InChI is InChI=1S/C19H30O2/c1-18-9-7-13(20)11-12(18)3-4-14-15-5-6-17(21)19(15,2)10-8-16(14)18/h12,14-17,21H,3-11H2,1-2H3/t12-,14-,15+,16-,17-,18-,19+/m1/s1. The van der Waals surface area contributed by atoms with Gasteiger partial charge in [0.1, 0.15) is 5.78 Å². The lowest BCUT2D eigenvalue weighted by molar-refractivity contribution is -0.141. The van der Waals surface area contributed by atoms with E-state index in [2.05, 4.69) is 13.8 Å². The molecule has 0 aliphatic heterocycles. The Morgan fingerprint density at radius 2 is 1.71 bits per heavy atom. The third-order valence-corrected chi connectivity index (χ3v) is 8.43. The van der Waals surface area contributed by atoms with Gasteiger partial charge in [-0.25, -0.2) is 0 Å².